The third-order valence-electron chi connectivity index (χ3n) is 6.51. The van der Waals surface area contributed by atoms with Crippen LogP contribution in [0, 0.1) is 5.92 Å². The summed E-state index contributed by atoms with van der Waals surface area (Å²) in [6, 6.07) is 3.41. The normalized spacial score (nSPS) is 14.1. The summed E-state index contributed by atoms with van der Waals surface area (Å²) in [6.45, 7) is 3.84. The average Bonchev–Trinajstić information content (AvgIpc) is 3.33. The molecule has 0 saturated carbocycles. The van der Waals surface area contributed by atoms with Crippen molar-refractivity contribution in [2.24, 2.45) is 28.1 Å². The lowest BCUT2D eigenvalue weighted by atomic mass is 10.0. The van der Waals surface area contributed by atoms with Crippen molar-refractivity contribution in [1.29, 1.82) is 0 Å². The van der Waals surface area contributed by atoms with E-state index in [0.29, 0.717) is 25.1 Å². The minimum Gasteiger partial charge on any atom is -0.480 e. The molecule has 1 aromatic heterocycles. The van der Waals surface area contributed by atoms with Gasteiger partial charge in [-0.25, -0.2) is 4.79 Å². The van der Waals surface area contributed by atoms with E-state index in [1.54, 1.807) is 20.0 Å². The monoisotopic (exact) mass is 590 g/mol. The number of H-pyrrole nitrogens is 1. The van der Waals surface area contributed by atoms with Crippen LogP contribution in [-0.4, -0.2) is 82.5 Å². The van der Waals surface area contributed by atoms with Gasteiger partial charge in [0.15, 0.2) is 5.96 Å². The van der Waals surface area contributed by atoms with E-state index in [2.05, 4.69) is 25.9 Å². The number of aromatic amines is 1. The van der Waals surface area contributed by atoms with Gasteiger partial charge in [-0.05, 0) is 48.8 Å². The molecular formula is C27H42N8O5S. The predicted octanol–water partition coefficient (Wildman–Crippen LogP) is 0.0394. The van der Waals surface area contributed by atoms with Gasteiger partial charge in [0.05, 0.1) is 6.04 Å². The Balaban J connectivity index is 2.09. The van der Waals surface area contributed by atoms with Gasteiger partial charge in [0.25, 0.3) is 0 Å². The number of carboxylic acids is 1. The number of hydrogen-bond donors (Lipinski definition) is 8. The molecule has 2 aromatic rings. The molecule has 226 valence electrons. The molecule has 0 aliphatic rings. The first-order valence-corrected chi connectivity index (χ1v) is 14.8. The highest BCUT2D eigenvalue weighted by molar-refractivity contribution is 7.98. The number of aromatic nitrogens is 1. The number of hydrogen-bond acceptors (Lipinski definition) is 7. The van der Waals surface area contributed by atoms with E-state index in [9.17, 15) is 24.3 Å². The number of carboxylic acid groups (broad SMARTS) is 1. The zero-order valence-corrected chi connectivity index (χ0v) is 24.5. The molecule has 0 saturated heterocycles. The maximum Gasteiger partial charge on any atom is 0.326 e. The maximum atomic E-state index is 13.3. The summed E-state index contributed by atoms with van der Waals surface area (Å²) in [4.78, 5) is 58.3. The zero-order chi connectivity index (χ0) is 30.5. The molecule has 0 bridgehead atoms. The molecule has 1 heterocycles. The number of nitrogens with zero attached hydrogens (tertiary/aromatic N) is 1. The third kappa shape index (κ3) is 10.6. The zero-order valence-electron chi connectivity index (χ0n) is 23.7. The smallest absolute Gasteiger partial charge is 0.326 e. The van der Waals surface area contributed by atoms with E-state index in [-0.39, 0.29) is 24.7 Å². The summed E-state index contributed by atoms with van der Waals surface area (Å²) in [5, 5.41) is 18.7. The van der Waals surface area contributed by atoms with Gasteiger partial charge >= 0.3 is 5.97 Å². The number of fused-ring (bicyclic) bond motifs is 1. The number of thioether (sulfide) groups is 1. The van der Waals surface area contributed by atoms with Crippen LogP contribution in [0.4, 0.5) is 0 Å². The van der Waals surface area contributed by atoms with Gasteiger partial charge in [-0.2, -0.15) is 11.8 Å². The van der Waals surface area contributed by atoms with Crippen LogP contribution in [-0.2, 0) is 25.6 Å². The Morgan fingerprint density at radius 3 is 2.32 bits per heavy atom. The van der Waals surface area contributed by atoms with Gasteiger partial charge in [0, 0.05) is 30.1 Å². The molecule has 1 aromatic carbocycles. The second-order valence-corrected chi connectivity index (χ2v) is 11.1. The summed E-state index contributed by atoms with van der Waals surface area (Å²) < 4.78 is 0. The van der Waals surface area contributed by atoms with E-state index < -0.39 is 47.9 Å². The molecule has 11 N–H and O–H groups in total. The highest BCUT2D eigenvalue weighted by Gasteiger charge is 2.31. The number of guanidine groups is 1. The summed E-state index contributed by atoms with van der Waals surface area (Å²) >= 11 is 1.48. The second-order valence-electron chi connectivity index (χ2n) is 10.1. The molecule has 0 aliphatic carbocycles. The molecule has 0 fully saturated rings. The van der Waals surface area contributed by atoms with Gasteiger partial charge in [-0.15, -0.1) is 0 Å². The lowest BCUT2D eigenvalue weighted by molar-refractivity contribution is -0.142. The Morgan fingerprint density at radius 2 is 1.68 bits per heavy atom. The second kappa shape index (κ2) is 16.5. The molecule has 41 heavy (non-hydrogen) atoms. The lowest BCUT2D eigenvalue weighted by Gasteiger charge is -2.27. The van der Waals surface area contributed by atoms with E-state index in [1.165, 1.54) is 11.8 Å². The van der Waals surface area contributed by atoms with Crippen LogP contribution >= 0.6 is 11.8 Å². The fourth-order valence-electron chi connectivity index (χ4n) is 4.20. The highest BCUT2D eigenvalue weighted by atomic mass is 32.2. The topological polar surface area (TPSA) is 231 Å². The fourth-order valence-corrected chi connectivity index (χ4v) is 4.68. The first kappa shape index (κ1) is 33.4. The van der Waals surface area contributed by atoms with E-state index in [4.69, 9.17) is 17.2 Å². The number of para-hydroxylation sites is 1. The molecule has 0 spiro atoms. The number of carbonyl (C=O) groups is 4. The third-order valence-corrected chi connectivity index (χ3v) is 7.15. The van der Waals surface area contributed by atoms with Crippen molar-refractivity contribution in [1.82, 2.24) is 20.9 Å². The molecule has 4 unspecified atom stereocenters. The van der Waals surface area contributed by atoms with Gasteiger partial charge < -0.3 is 43.2 Å². The summed E-state index contributed by atoms with van der Waals surface area (Å²) in [6.07, 6.45) is 4.69. The van der Waals surface area contributed by atoms with Crippen molar-refractivity contribution in [3.63, 3.8) is 0 Å². The number of aliphatic carboxylic acids is 1. The standard InChI is InChI=1S/C27H42N8O5S/c1-15(2)22(35-23(36)18(28)8-6-11-31-27(29)30)25(38)33-20(10-12-41-3)24(37)34-21(26(39)40)13-16-14-32-19-9-5-4-7-17(16)19/h4-5,7,9,14-15,18,20-22,32H,6,8,10-13,28H2,1-3H3,(H,33,38)(H,34,37)(H,35,36)(H,39,40)(H4,29,30,31). The van der Waals surface area contributed by atoms with Crippen LogP contribution in [0.15, 0.2) is 35.5 Å². The fraction of sp³-hybridized carbons (Fsp3) is 0.519. The average molecular weight is 591 g/mol. The first-order chi connectivity index (χ1) is 19.4. The number of carbonyl (C=O) groups excluding carboxylic acids is 3. The molecule has 0 aliphatic heterocycles. The minimum absolute atomic E-state index is 0.0488. The summed E-state index contributed by atoms with van der Waals surface area (Å²) in [5.74, 6) is -2.72. The van der Waals surface area contributed by atoms with Crippen LogP contribution < -0.4 is 33.2 Å². The van der Waals surface area contributed by atoms with Gasteiger partial charge in [0.1, 0.15) is 18.1 Å². The molecule has 3 amide bonds. The van der Waals surface area contributed by atoms with E-state index >= 15 is 0 Å². The Labute approximate surface area is 243 Å². The van der Waals surface area contributed by atoms with Crippen LogP contribution in [0.2, 0.25) is 0 Å². The lowest BCUT2D eigenvalue weighted by Crippen LogP contribution is -2.58. The van der Waals surface area contributed by atoms with Crippen molar-refractivity contribution in [3.8, 4) is 0 Å². The number of nitrogens with two attached hydrogens (primary N) is 3. The van der Waals surface area contributed by atoms with Crippen molar-refractivity contribution < 1.29 is 24.3 Å². The molecule has 4 atom stereocenters. The minimum atomic E-state index is -1.21. The number of rotatable bonds is 17. The summed E-state index contributed by atoms with van der Waals surface area (Å²) in [7, 11) is 0. The molecule has 14 heteroatoms. The van der Waals surface area contributed by atoms with Gasteiger partial charge in [-0.3, -0.25) is 19.4 Å². The van der Waals surface area contributed by atoms with Gasteiger partial charge in [0.2, 0.25) is 17.7 Å². The maximum absolute atomic E-state index is 13.3. The number of nitrogens with one attached hydrogen (secondary N) is 4. The Hall–Kier alpha value is -3.78. The van der Waals surface area contributed by atoms with Crippen LogP contribution in [0.3, 0.4) is 0 Å². The number of benzene rings is 1. The molecule has 13 nitrogen and oxygen atoms in total. The number of aliphatic imine (C=N–C) groups is 1. The molecule has 0 radical (unpaired) electrons. The first-order valence-electron chi connectivity index (χ1n) is 13.4. The van der Waals surface area contributed by atoms with E-state index in [1.807, 2.05) is 30.5 Å². The van der Waals surface area contributed by atoms with Gasteiger partial charge in [-0.1, -0.05) is 32.0 Å². The molecular weight excluding hydrogens is 548 g/mol. The van der Waals surface area contributed by atoms with Crippen LogP contribution in [0.1, 0.15) is 38.7 Å². The van der Waals surface area contributed by atoms with Crippen molar-refractivity contribution in [2.75, 3.05) is 18.6 Å². The predicted molar refractivity (Wildman–Crippen MR) is 161 cm³/mol. The Kier molecular flexibility index (Phi) is 13.4. The largest absolute Gasteiger partial charge is 0.480 e. The quantitative estimate of drug-likeness (QED) is 0.0705. The Morgan fingerprint density at radius 1 is 1.00 bits per heavy atom. The van der Waals surface area contributed by atoms with E-state index in [0.717, 1.165) is 16.5 Å². The summed E-state index contributed by atoms with van der Waals surface area (Å²) in [5.41, 5.74) is 18.2. The highest BCUT2D eigenvalue weighted by Crippen LogP contribution is 2.19. The molecule has 2 rings (SSSR count). The van der Waals surface area contributed by atoms with Crippen LogP contribution in [0.25, 0.3) is 10.9 Å². The van der Waals surface area contributed by atoms with Crippen molar-refractivity contribution >= 4 is 52.3 Å². The number of amides is 3. The van der Waals surface area contributed by atoms with Crippen LogP contribution in [0.5, 0.6) is 0 Å². The SMILES string of the molecule is CSCCC(NC(=O)C(NC(=O)C(N)CCCN=C(N)N)C(C)C)C(=O)NC(Cc1c[nH]c2ccccc12)C(=O)O. The van der Waals surface area contributed by atoms with Crippen molar-refractivity contribution in [2.45, 2.75) is 63.7 Å². The Bertz CT molecular complexity index is 1210. The van der Waals surface area contributed by atoms with Crippen molar-refractivity contribution in [3.05, 3.63) is 36.0 Å².